The fourth-order valence-corrected chi connectivity index (χ4v) is 9.54. The second-order valence-corrected chi connectivity index (χ2v) is 14.3. The molecule has 36 heavy (non-hydrogen) atoms. The van der Waals surface area contributed by atoms with Crippen LogP contribution in [0.25, 0.3) is 0 Å². The summed E-state index contributed by atoms with van der Waals surface area (Å²) in [7, 11) is -4.08. The van der Waals surface area contributed by atoms with Crippen LogP contribution in [0.1, 0.15) is 78.6 Å². The van der Waals surface area contributed by atoms with E-state index in [0.717, 1.165) is 38.5 Å². The zero-order valence-electron chi connectivity index (χ0n) is 22.4. The average molecular weight is 539 g/mol. The second kappa shape index (κ2) is 11.4. The third-order valence-electron chi connectivity index (χ3n) is 11.0. The molecule has 4 aliphatic rings. The zero-order valence-corrected chi connectivity index (χ0v) is 25.2. The Bertz CT molecular complexity index is 903. The quantitative estimate of drug-likeness (QED) is 0.246. The molecule has 11 atom stereocenters. The minimum absolute atomic E-state index is 0. The normalized spacial score (nSPS) is 45.0. The van der Waals surface area contributed by atoms with Crippen molar-refractivity contribution in [1.82, 2.24) is 5.32 Å². The molecule has 4 rings (SSSR count). The van der Waals surface area contributed by atoms with Crippen LogP contribution in [-0.4, -0.2) is 94.4 Å². The molecular formula is C26H45NNaO7S. The fourth-order valence-electron chi connectivity index (χ4n) is 9.18. The minimum atomic E-state index is -4.08. The van der Waals surface area contributed by atoms with Crippen molar-refractivity contribution in [3.63, 3.8) is 0 Å². The summed E-state index contributed by atoms with van der Waals surface area (Å²) in [5.74, 6) is 0.781. The van der Waals surface area contributed by atoms with Crippen molar-refractivity contribution in [1.29, 1.82) is 0 Å². The average Bonchev–Trinajstić information content (AvgIpc) is 3.13. The van der Waals surface area contributed by atoms with E-state index in [4.69, 9.17) is 4.55 Å². The van der Waals surface area contributed by atoms with E-state index in [9.17, 15) is 28.5 Å². The van der Waals surface area contributed by atoms with Crippen LogP contribution in [0.2, 0.25) is 0 Å². The van der Waals surface area contributed by atoms with Gasteiger partial charge in [0.25, 0.3) is 10.1 Å². The van der Waals surface area contributed by atoms with Crippen LogP contribution < -0.4 is 5.32 Å². The molecule has 0 aromatic rings. The summed E-state index contributed by atoms with van der Waals surface area (Å²) in [6.07, 6.45) is 5.54. The van der Waals surface area contributed by atoms with Gasteiger partial charge in [-0.05, 0) is 97.7 Å². The fraction of sp³-hybridized carbons (Fsp3) is 0.962. The molecule has 4 saturated carbocycles. The first-order valence-electron chi connectivity index (χ1n) is 13.5. The van der Waals surface area contributed by atoms with Crippen LogP contribution in [0.5, 0.6) is 0 Å². The SMILES string of the molecule is C[C@H](CCC(=O)NCCS(=O)(=O)O)[C@H]1CC[C@H]2[C@@H]3[C@@H](O)[C@@H](O)[C@@H]4C[C@H](O)CC[C@]4(C)[C@H]3CC[C@]12C.[Na]. The summed E-state index contributed by atoms with van der Waals surface area (Å²) >= 11 is 0. The van der Waals surface area contributed by atoms with E-state index in [1.165, 1.54) is 0 Å². The molecule has 0 aromatic heterocycles. The van der Waals surface area contributed by atoms with Gasteiger partial charge < -0.3 is 20.6 Å². The predicted molar refractivity (Wildman–Crippen MR) is 138 cm³/mol. The van der Waals surface area contributed by atoms with E-state index in [1.807, 2.05) is 0 Å². The Morgan fingerprint density at radius 3 is 2.28 bits per heavy atom. The summed E-state index contributed by atoms with van der Waals surface area (Å²) in [6.45, 7) is 6.75. The van der Waals surface area contributed by atoms with Crippen molar-refractivity contribution in [2.45, 2.75) is 96.9 Å². The topological polar surface area (TPSA) is 144 Å². The Kier molecular flexibility index (Phi) is 9.75. The van der Waals surface area contributed by atoms with Crippen LogP contribution in [0.15, 0.2) is 0 Å². The van der Waals surface area contributed by atoms with Gasteiger partial charge in [-0.2, -0.15) is 8.42 Å². The van der Waals surface area contributed by atoms with Crippen molar-refractivity contribution in [3.05, 3.63) is 0 Å². The van der Waals surface area contributed by atoms with Crippen molar-refractivity contribution < 1.29 is 33.1 Å². The number of aliphatic hydroxyl groups is 3. The van der Waals surface area contributed by atoms with Crippen molar-refractivity contribution in [2.75, 3.05) is 12.3 Å². The molecule has 4 fully saturated rings. The molecule has 0 aromatic carbocycles. The third kappa shape index (κ3) is 5.74. The minimum Gasteiger partial charge on any atom is -0.393 e. The van der Waals surface area contributed by atoms with Gasteiger partial charge in [-0.1, -0.05) is 20.8 Å². The predicted octanol–water partition coefficient (Wildman–Crippen LogP) is 1.99. The molecule has 0 spiro atoms. The molecule has 8 nitrogen and oxygen atoms in total. The van der Waals surface area contributed by atoms with Gasteiger partial charge in [0, 0.05) is 42.5 Å². The summed E-state index contributed by atoms with van der Waals surface area (Å²) in [5.41, 5.74) is 0.00776. The standard InChI is InChI=1S/C26H45NO7S.Na/c1-15(4-7-21(29)27-12-13-35(32,33)34)17-5-6-18-22-19(9-11-25(17,18)2)26(3)10-8-16(28)14-20(26)23(30)24(22)31;/h15-20,22-24,28,30-31H,4-14H2,1-3H3,(H,27,29)(H,32,33,34);/t15-,16-,17-,18+,19+,20+,22+,23+,24-,25-,26-;/m1./s1. The van der Waals surface area contributed by atoms with Gasteiger partial charge in [-0.15, -0.1) is 0 Å². The van der Waals surface area contributed by atoms with Crippen LogP contribution in [-0.2, 0) is 14.9 Å². The largest absolute Gasteiger partial charge is 0.393 e. The van der Waals surface area contributed by atoms with Gasteiger partial charge in [0.2, 0.25) is 5.91 Å². The maximum Gasteiger partial charge on any atom is 0.266 e. The van der Waals surface area contributed by atoms with E-state index in [-0.39, 0.29) is 70.8 Å². The van der Waals surface area contributed by atoms with Crippen molar-refractivity contribution in [3.8, 4) is 0 Å². The van der Waals surface area contributed by atoms with Gasteiger partial charge in [-0.25, -0.2) is 0 Å². The van der Waals surface area contributed by atoms with Crippen LogP contribution in [0.4, 0.5) is 0 Å². The van der Waals surface area contributed by atoms with E-state index < -0.39 is 28.1 Å². The number of amides is 1. The van der Waals surface area contributed by atoms with E-state index in [1.54, 1.807) is 0 Å². The summed E-state index contributed by atoms with van der Waals surface area (Å²) in [5, 5.41) is 35.4. The molecule has 5 N–H and O–H groups in total. The molecular weight excluding hydrogens is 493 g/mol. The molecule has 1 radical (unpaired) electrons. The number of fused-ring (bicyclic) bond motifs is 5. The van der Waals surface area contributed by atoms with Crippen LogP contribution >= 0.6 is 0 Å². The molecule has 203 valence electrons. The molecule has 0 unspecified atom stereocenters. The zero-order chi connectivity index (χ0) is 25.8. The molecule has 4 aliphatic carbocycles. The Morgan fingerprint density at radius 2 is 1.61 bits per heavy atom. The van der Waals surface area contributed by atoms with Crippen LogP contribution in [0.3, 0.4) is 0 Å². The van der Waals surface area contributed by atoms with Gasteiger partial charge >= 0.3 is 0 Å². The third-order valence-corrected chi connectivity index (χ3v) is 11.7. The molecule has 0 bridgehead atoms. The Labute approximate surface area is 238 Å². The molecule has 10 heteroatoms. The summed E-state index contributed by atoms with van der Waals surface area (Å²) in [4.78, 5) is 12.2. The summed E-state index contributed by atoms with van der Waals surface area (Å²) < 4.78 is 30.5. The Morgan fingerprint density at radius 1 is 0.972 bits per heavy atom. The number of hydrogen-bond donors (Lipinski definition) is 5. The van der Waals surface area contributed by atoms with Crippen molar-refractivity contribution in [2.24, 2.45) is 46.3 Å². The summed E-state index contributed by atoms with van der Waals surface area (Å²) in [6, 6.07) is 0. The Hall–Kier alpha value is 0.260. The van der Waals surface area contributed by atoms with Crippen LogP contribution in [0, 0.1) is 46.3 Å². The molecule has 1 amide bonds. The molecule has 0 aliphatic heterocycles. The maximum atomic E-state index is 12.2. The van der Waals surface area contributed by atoms with E-state index in [0.29, 0.717) is 42.9 Å². The maximum absolute atomic E-state index is 12.2. The second-order valence-electron chi connectivity index (χ2n) is 12.7. The number of carbonyl (C=O) groups excluding carboxylic acids is 1. The number of nitrogens with one attached hydrogen (secondary N) is 1. The number of hydrogen-bond acceptors (Lipinski definition) is 6. The first-order chi connectivity index (χ1) is 16.3. The van der Waals surface area contributed by atoms with E-state index >= 15 is 0 Å². The van der Waals surface area contributed by atoms with E-state index in [2.05, 4.69) is 26.1 Å². The Balaban J connectivity index is 0.00000361. The van der Waals surface area contributed by atoms with Gasteiger partial charge in [0.1, 0.15) is 0 Å². The number of aliphatic hydroxyl groups excluding tert-OH is 3. The van der Waals surface area contributed by atoms with Gasteiger partial charge in [0.15, 0.2) is 0 Å². The molecule has 0 heterocycles. The molecule has 0 saturated heterocycles. The van der Waals surface area contributed by atoms with Gasteiger partial charge in [-0.3, -0.25) is 9.35 Å². The van der Waals surface area contributed by atoms with Crippen molar-refractivity contribution >= 4 is 45.6 Å². The smallest absolute Gasteiger partial charge is 0.266 e. The first-order valence-corrected chi connectivity index (χ1v) is 15.1. The number of rotatable bonds is 7. The monoisotopic (exact) mass is 538 g/mol. The number of carbonyl (C=O) groups is 1. The first kappa shape index (κ1) is 30.8. The van der Waals surface area contributed by atoms with Gasteiger partial charge in [0.05, 0.1) is 24.1 Å².